The van der Waals surface area contributed by atoms with Gasteiger partial charge in [0.15, 0.2) is 34.6 Å². The number of nitrogens with zero attached hydrogens (tertiary/aromatic N) is 9. The molecule has 12 aromatic heterocycles. The molecule has 22 aromatic rings. The van der Waals surface area contributed by atoms with Gasteiger partial charge in [0.05, 0.1) is 52.9 Å². The standard InChI is InChI=1S/C30H27N2O.C25H20N3O.C23H19N2O.C22H17N2O/c1-17(2)21-10-8-12-26-22(21)13-14-27(32(26)5)28-19(4)18(3)15-23-24-16-20-9-6-7-11-25(20)31-30(24)33-29(23)28;1-15-12-13-17-18-14-16-8-4-5-9-19(16)26-24(18)29-23(17)22(15)25-27(2)20-10-6-7-11-21(20)28(25)3;1-14-8-9-25(3)21(10-14)17-13-22-18(11-15(17)2)19-12-16-6-4-5-7-20(16)24-23(19)26-22;1-14-11-17-18-12-15-7-3-4-8-19(15)23-22(18)25-21(17)13-16(14)20-9-5-6-10-24(20)2/h6-17H,1-5H3;4-14H,1-3H3;4-13H,1-3H3;3-13H,1-2H3/q4*+1/i3D3,17D;;;. The Hall–Kier alpha value is -13.8. The van der Waals surface area contributed by atoms with E-state index in [4.69, 9.17) is 43.1 Å². The van der Waals surface area contributed by atoms with Crippen LogP contribution in [0.15, 0.2) is 279 Å². The minimum Gasteiger partial charge on any atom is -0.438 e. The average molecular weight is 1480 g/mol. The molecule has 0 fully saturated rings. The van der Waals surface area contributed by atoms with Gasteiger partial charge < -0.3 is 17.7 Å². The Morgan fingerprint density at radius 3 is 1.41 bits per heavy atom. The molecule has 0 saturated carbocycles. The number of fused-ring (bicyclic) bond motifs is 18. The van der Waals surface area contributed by atoms with Gasteiger partial charge in [0.2, 0.25) is 45.5 Å². The first-order valence-electron chi connectivity index (χ1n) is 40.1. The molecule has 0 saturated heterocycles. The Morgan fingerprint density at radius 2 is 0.850 bits per heavy atom. The second-order valence-corrected chi connectivity index (χ2v) is 30.1. The second-order valence-electron chi connectivity index (χ2n) is 30.1. The molecule has 0 unspecified atom stereocenters. The van der Waals surface area contributed by atoms with E-state index in [0.717, 1.165) is 143 Å². The third-order valence-electron chi connectivity index (χ3n) is 22.7. The molecule has 0 spiro atoms. The molecule has 10 aromatic carbocycles. The van der Waals surface area contributed by atoms with Crippen molar-refractivity contribution in [3.8, 4) is 45.2 Å². The van der Waals surface area contributed by atoms with Crippen molar-refractivity contribution < 1.29 is 41.4 Å². The third-order valence-corrected chi connectivity index (χ3v) is 22.7. The molecule has 113 heavy (non-hydrogen) atoms. The van der Waals surface area contributed by atoms with E-state index < -0.39 is 12.7 Å². The van der Waals surface area contributed by atoms with Crippen molar-refractivity contribution in [3.05, 3.63) is 300 Å². The van der Waals surface area contributed by atoms with E-state index in [-0.39, 0.29) is 0 Å². The molecule has 0 aliphatic heterocycles. The van der Waals surface area contributed by atoms with Gasteiger partial charge in [-0.3, -0.25) is 0 Å². The van der Waals surface area contributed by atoms with Gasteiger partial charge in [-0.15, -0.1) is 0 Å². The summed E-state index contributed by atoms with van der Waals surface area (Å²) in [6.45, 7) is 11.9. The van der Waals surface area contributed by atoms with E-state index in [9.17, 15) is 0 Å². The predicted molar refractivity (Wildman–Crippen MR) is 459 cm³/mol. The monoisotopic (exact) mass is 1480 g/mol. The van der Waals surface area contributed by atoms with Crippen LogP contribution in [0.4, 0.5) is 0 Å². The first-order chi connectivity index (χ1) is 56.4. The smallest absolute Gasteiger partial charge is 0.293 e. The summed E-state index contributed by atoms with van der Waals surface area (Å²) in [5.74, 6) is 0.364. The highest BCUT2D eigenvalue weighted by atomic mass is 16.4. The zero-order valence-corrected chi connectivity index (χ0v) is 65.0. The number of para-hydroxylation sites is 6. The lowest BCUT2D eigenvalue weighted by Crippen LogP contribution is -2.32. The molecule has 0 bridgehead atoms. The molecule has 12 heterocycles. The van der Waals surface area contributed by atoms with Gasteiger partial charge >= 0.3 is 0 Å². The average Bonchev–Trinajstić information content (AvgIpc) is 1.62. The highest BCUT2D eigenvalue weighted by Crippen LogP contribution is 2.43. The Labute approximate surface area is 657 Å². The summed E-state index contributed by atoms with van der Waals surface area (Å²) in [4.78, 5) is 18.9. The fourth-order valence-electron chi connectivity index (χ4n) is 16.7. The molecule has 0 aliphatic rings. The molecule has 13 nitrogen and oxygen atoms in total. The minimum atomic E-state index is -2.29. The highest BCUT2D eigenvalue weighted by Gasteiger charge is 2.30. The number of hydrogen-bond acceptors (Lipinski definition) is 8. The van der Waals surface area contributed by atoms with Gasteiger partial charge in [0.1, 0.15) is 37.9 Å². The zero-order valence-electron chi connectivity index (χ0n) is 69.0. The van der Waals surface area contributed by atoms with Gasteiger partial charge in [0, 0.05) is 112 Å². The summed E-state index contributed by atoms with van der Waals surface area (Å²) in [6, 6.07) is 84.7. The molecular formula is C100H83N9O4+4. The normalized spacial score (nSPS) is 12.6. The van der Waals surface area contributed by atoms with Crippen molar-refractivity contribution in [1.82, 2.24) is 24.5 Å². The summed E-state index contributed by atoms with van der Waals surface area (Å²) in [7, 11) is 10.3. The summed E-state index contributed by atoms with van der Waals surface area (Å²) in [6.07, 6.45) is 4.16. The number of rotatable bonds is 5. The molecular weight excluding hydrogens is 1390 g/mol. The Morgan fingerprint density at radius 1 is 0.372 bits per heavy atom. The second kappa shape index (κ2) is 27.4. The van der Waals surface area contributed by atoms with Crippen LogP contribution in [0.2, 0.25) is 0 Å². The molecule has 22 rings (SSSR count). The van der Waals surface area contributed by atoms with E-state index in [1.54, 1.807) is 6.07 Å². The van der Waals surface area contributed by atoms with E-state index in [1.165, 1.54) is 55.8 Å². The summed E-state index contributed by atoms with van der Waals surface area (Å²) in [5, 5.41) is 13.4. The first-order valence-corrected chi connectivity index (χ1v) is 38.1. The molecule has 0 aliphatic carbocycles. The van der Waals surface area contributed by atoms with Crippen molar-refractivity contribution in [3.63, 3.8) is 0 Å². The molecule has 0 N–H and O–H groups in total. The highest BCUT2D eigenvalue weighted by molar-refractivity contribution is 6.14. The SMILES string of the molecule is Cc1cc2c(cc1-c1cccc[n+]1C)oc1nc3ccccc3cc12.Cc1cc[n+](C)c(-c2cc3oc4nc5ccccc5cc4c3cc2C)c1.Cc1ccc2c(oc3nc4ccccc4cc32)c1-c1n(C)c2ccccc2[n+]1C.[2H]C([2H])([2H])c1cc2c(oc3nc4ccccc4cc32)c(-c2ccc3c(C([2H])(C)C)cccc3[n+]2C)c1C. The minimum absolute atomic E-state index is 0.298. The van der Waals surface area contributed by atoms with Crippen molar-refractivity contribution in [1.29, 1.82) is 0 Å². The molecule has 0 amide bonds. The lowest BCUT2D eigenvalue weighted by atomic mass is 9.94. The molecule has 548 valence electrons. The third kappa shape index (κ3) is 11.8. The van der Waals surface area contributed by atoms with Gasteiger partial charge in [-0.1, -0.05) is 123 Å². The number of furan rings is 4. The number of aryl methyl sites for hydroxylation is 10. The quantitative estimate of drug-likeness (QED) is 0.156. The van der Waals surface area contributed by atoms with Gasteiger partial charge in [-0.25, -0.2) is 38.2 Å². The fraction of sp³-hybridized carbons (Fsp3) is 0.140. The van der Waals surface area contributed by atoms with Crippen molar-refractivity contribution in [2.24, 2.45) is 35.2 Å². The number of pyridine rings is 7. The molecule has 13 heteroatoms. The van der Waals surface area contributed by atoms with Crippen LogP contribution in [-0.2, 0) is 35.2 Å². The van der Waals surface area contributed by atoms with E-state index in [2.05, 4.69) is 212 Å². The van der Waals surface area contributed by atoms with Crippen LogP contribution in [0.3, 0.4) is 0 Å². The van der Waals surface area contributed by atoms with E-state index in [0.29, 0.717) is 39.6 Å². The largest absolute Gasteiger partial charge is 0.438 e. The maximum atomic E-state index is 8.61. The summed E-state index contributed by atoms with van der Waals surface area (Å²) in [5.41, 5.74) is 27.1. The van der Waals surface area contributed by atoms with Crippen LogP contribution < -0.4 is 18.3 Å². The van der Waals surface area contributed by atoms with Crippen LogP contribution >= 0.6 is 0 Å². The fourth-order valence-corrected chi connectivity index (χ4v) is 16.7. The number of imidazole rings is 1. The number of hydrogen-bond donors (Lipinski definition) is 0. The number of benzene rings is 10. The zero-order chi connectivity index (χ0) is 80.8. The van der Waals surface area contributed by atoms with Crippen LogP contribution in [0.1, 0.15) is 64.2 Å². The maximum Gasteiger partial charge on any atom is 0.293 e. The van der Waals surface area contributed by atoms with Crippen molar-refractivity contribution >= 4 is 154 Å². The van der Waals surface area contributed by atoms with Crippen LogP contribution in [0.25, 0.3) is 199 Å². The lowest BCUT2D eigenvalue weighted by molar-refractivity contribution is -0.660. The summed E-state index contributed by atoms with van der Waals surface area (Å²) >= 11 is 0. The van der Waals surface area contributed by atoms with E-state index in [1.807, 2.05) is 149 Å². The Kier molecular flexibility index (Phi) is 15.8. The number of aromatic nitrogens is 9. The molecule has 0 atom stereocenters. The summed E-state index contributed by atoms with van der Waals surface area (Å²) < 4.78 is 69.3. The lowest BCUT2D eigenvalue weighted by Gasteiger charge is -2.12. The maximum absolute atomic E-state index is 8.61. The Balaban J connectivity index is 0.000000105. The first kappa shape index (κ1) is 65.1. The van der Waals surface area contributed by atoms with E-state index >= 15 is 0 Å². The topological polar surface area (TPSA) is 125 Å². The predicted octanol–water partition coefficient (Wildman–Crippen LogP) is 23.1. The van der Waals surface area contributed by atoms with Crippen LogP contribution in [0, 0.1) is 41.5 Å². The van der Waals surface area contributed by atoms with Crippen molar-refractivity contribution in [2.75, 3.05) is 0 Å². The van der Waals surface area contributed by atoms with Gasteiger partial charge in [0.25, 0.3) is 5.82 Å². The van der Waals surface area contributed by atoms with Crippen molar-refractivity contribution in [2.45, 2.75) is 61.2 Å². The van der Waals surface area contributed by atoms with Crippen LogP contribution in [-0.4, -0.2) is 24.5 Å². The Bertz CT molecular complexity index is 7860. The van der Waals surface area contributed by atoms with Gasteiger partial charge in [-0.2, -0.15) is 4.57 Å². The molecule has 0 radical (unpaired) electrons. The van der Waals surface area contributed by atoms with Gasteiger partial charge in [-0.05, 0) is 189 Å². The van der Waals surface area contributed by atoms with Crippen LogP contribution in [0.5, 0.6) is 0 Å².